The lowest BCUT2D eigenvalue weighted by Crippen LogP contribution is -2.46. The molecule has 2 heterocycles. The van der Waals surface area contributed by atoms with Gasteiger partial charge in [-0.25, -0.2) is 4.98 Å². The van der Waals surface area contributed by atoms with Gasteiger partial charge in [-0.05, 0) is 18.4 Å². The molecule has 1 aromatic heterocycles. The van der Waals surface area contributed by atoms with E-state index in [0.717, 1.165) is 19.6 Å². The molecular formula is C18H21N3O. The van der Waals surface area contributed by atoms with E-state index >= 15 is 0 Å². The van der Waals surface area contributed by atoms with Gasteiger partial charge >= 0.3 is 0 Å². The van der Waals surface area contributed by atoms with Crippen molar-refractivity contribution >= 4 is 0 Å². The van der Waals surface area contributed by atoms with Crippen molar-refractivity contribution in [1.29, 1.82) is 0 Å². The van der Waals surface area contributed by atoms with Crippen molar-refractivity contribution in [3.63, 3.8) is 0 Å². The van der Waals surface area contributed by atoms with Gasteiger partial charge in [-0.15, -0.1) is 0 Å². The first kappa shape index (κ1) is 13.7. The molecule has 4 nitrogen and oxygen atoms in total. The van der Waals surface area contributed by atoms with Gasteiger partial charge < -0.3 is 4.74 Å². The number of hydrogen-bond acceptors (Lipinski definition) is 4. The van der Waals surface area contributed by atoms with Crippen molar-refractivity contribution in [2.75, 3.05) is 13.1 Å². The molecule has 0 amide bonds. The Morgan fingerprint density at radius 3 is 2.50 bits per heavy atom. The summed E-state index contributed by atoms with van der Waals surface area (Å²) in [5.74, 6) is 1.90. The van der Waals surface area contributed by atoms with E-state index in [9.17, 15) is 0 Å². The summed E-state index contributed by atoms with van der Waals surface area (Å²) in [6.07, 6.45) is 7.94. The van der Waals surface area contributed by atoms with Crippen LogP contribution in [-0.2, 0) is 6.54 Å². The number of rotatable bonds is 4. The SMILES string of the molecule is c1ccc(CN2CC3CCC(C2)C3Oc2cnccn2)cc1. The zero-order valence-electron chi connectivity index (χ0n) is 12.6. The minimum atomic E-state index is 0.309. The molecule has 2 aromatic rings. The number of aromatic nitrogens is 2. The number of ether oxygens (including phenoxy) is 1. The van der Waals surface area contributed by atoms with Crippen LogP contribution in [0.5, 0.6) is 5.88 Å². The van der Waals surface area contributed by atoms with Gasteiger partial charge in [-0.3, -0.25) is 9.88 Å². The average molecular weight is 295 g/mol. The number of likely N-dealkylation sites (tertiary alicyclic amines) is 1. The molecule has 2 aliphatic rings. The summed E-state index contributed by atoms with van der Waals surface area (Å²) in [4.78, 5) is 10.9. The van der Waals surface area contributed by atoms with Gasteiger partial charge in [0, 0.05) is 43.9 Å². The van der Waals surface area contributed by atoms with E-state index in [-0.39, 0.29) is 0 Å². The molecule has 4 rings (SSSR count). The molecule has 0 radical (unpaired) electrons. The van der Waals surface area contributed by atoms with Crippen molar-refractivity contribution in [2.45, 2.75) is 25.5 Å². The highest BCUT2D eigenvalue weighted by molar-refractivity contribution is 5.15. The van der Waals surface area contributed by atoms with Gasteiger partial charge in [0.2, 0.25) is 5.88 Å². The van der Waals surface area contributed by atoms with Crippen LogP contribution in [0.2, 0.25) is 0 Å². The Morgan fingerprint density at radius 2 is 1.82 bits per heavy atom. The Kier molecular flexibility index (Phi) is 3.77. The van der Waals surface area contributed by atoms with E-state index < -0.39 is 0 Å². The molecule has 1 saturated carbocycles. The second kappa shape index (κ2) is 6.05. The van der Waals surface area contributed by atoms with Crippen molar-refractivity contribution in [1.82, 2.24) is 14.9 Å². The molecule has 114 valence electrons. The van der Waals surface area contributed by atoms with E-state index in [1.54, 1.807) is 18.6 Å². The lowest BCUT2D eigenvalue weighted by Gasteiger charge is -2.37. The Morgan fingerprint density at radius 1 is 1.05 bits per heavy atom. The maximum atomic E-state index is 6.14. The largest absolute Gasteiger partial charge is 0.473 e. The van der Waals surface area contributed by atoms with Crippen LogP contribution in [0.3, 0.4) is 0 Å². The van der Waals surface area contributed by atoms with Crippen LogP contribution in [0.1, 0.15) is 18.4 Å². The molecule has 22 heavy (non-hydrogen) atoms. The third kappa shape index (κ3) is 2.83. The van der Waals surface area contributed by atoms with Gasteiger partial charge in [0.05, 0.1) is 6.20 Å². The minimum Gasteiger partial charge on any atom is -0.473 e. The molecule has 1 saturated heterocycles. The molecule has 2 unspecified atom stereocenters. The van der Waals surface area contributed by atoms with Crippen molar-refractivity contribution in [3.05, 3.63) is 54.5 Å². The lowest BCUT2D eigenvalue weighted by atomic mass is 9.94. The second-order valence-corrected chi connectivity index (χ2v) is 6.40. The summed E-state index contributed by atoms with van der Waals surface area (Å²) < 4.78 is 6.14. The highest BCUT2D eigenvalue weighted by atomic mass is 16.5. The smallest absolute Gasteiger partial charge is 0.232 e. The topological polar surface area (TPSA) is 38.2 Å². The van der Waals surface area contributed by atoms with Crippen LogP contribution in [0, 0.1) is 11.8 Å². The number of nitrogens with zero attached hydrogens (tertiary/aromatic N) is 3. The Balaban J connectivity index is 1.41. The molecule has 0 spiro atoms. The molecule has 1 aliphatic carbocycles. The number of hydrogen-bond donors (Lipinski definition) is 0. The number of fused-ring (bicyclic) bond motifs is 2. The molecule has 1 aliphatic heterocycles. The first-order valence-corrected chi connectivity index (χ1v) is 8.07. The van der Waals surface area contributed by atoms with Crippen LogP contribution in [0.4, 0.5) is 0 Å². The molecule has 2 bridgehead atoms. The lowest BCUT2D eigenvalue weighted by molar-refractivity contribution is 0.0278. The molecular weight excluding hydrogens is 274 g/mol. The fraction of sp³-hybridized carbons (Fsp3) is 0.444. The van der Waals surface area contributed by atoms with Crippen LogP contribution >= 0.6 is 0 Å². The zero-order valence-corrected chi connectivity index (χ0v) is 12.6. The predicted octanol–water partition coefficient (Wildman–Crippen LogP) is 2.77. The van der Waals surface area contributed by atoms with E-state index in [0.29, 0.717) is 23.8 Å². The van der Waals surface area contributed by atoms with Gasteiger partial charge in [0.25, 0.3) is 0 Å². The molecule has 2 atom stereocenters. The molecule has 0 N–H and O–H groups in total. The van der Waals surface area contributed by atoms with Gasteiger partial charge in [-0.2, -0.15) is 0 Å². The fourth-order valence-corrected chi connectivity index (χ4v) is 3.92. The van der Waals surface area contributed by atoms with Gasteiger partial charge in [0.1, 0.15) is 6.10 Å². The highest BCUT2D eigenvalue weighted by Crippen LogP contribution is 2.39. The van der Waals surface area contributed by atoms with Crippen LogP contribution in [0.25, 0.3) is 0 Å². The van der Waals surface area contributed by atoms with Crippen LogP contribution in [0.15, 0.2) is 48.9 Å². The van der Waals surface area contributed by atoms with Crippen LogP contribution in [-0.4, -0.2) is 34.1 Å². The molecule has 1 aromatic carbocycles. The van der Waals surface area contributed by atoms with Crippen molar-refractivity contribution in [2.24, 2.45) is 11.8 Å². The second-order valence-electron chi connectivity index (χ2n) is 6.40. The Hall–Kier alpha value is -1.94. The quantitative estimate of drug-likeness (QED) is 0.869. The van der Waals surface area contributed by atoms with Crippen LogP contribution < -0.4 is 4.74 Å². The highest BCUT2D eigenvalue weighted by Gasteiger charge is 2.43. The first-order valence-electron chi connectivity index (χ1n) is 8.07. The van der Waals surface area contributed by atoms with E-state index in [1.165, 1.54) is 18.4 Å². The summed E-state index contributed by atoms with van der Waals surface area (Å²) in [6.45, 7) is 3.29. The van der Waals surface area contributed by atoms with Gasteiger partial charge in [0.15, 0.2) is 0 Å². The minimum absolute atomic E-state index is 0.309. The Labute approximate surface area is 131 Å². The monoisotopic (exact) mass is 295 g/mol. The maximum Gasteiger partial charge on any atom is 0.232 e. The fourth-order valence-electron chi connectivity index (χ4n) is 3.92. The number of benzene rings is 1. The normalized spacial score (nSPS) is 27.7. The third-order valence-electron chi connectivity index (χ3n) is 4.87. The van der Waals surface area contributed by atoms with E-state index in [2.05, 4.69) is 45.2 Å². The summed E-state index contributed by atoms with van der Waals surface area (Å²) in [7, 11) is 0. The zero-order chi connectivity index (χ0) is 14.8. The molecule has 4 heteroatoms. The average Bonchev–Trinajstić information content (AvgIpc) is 2.80. The van der Waals surface area contributed by atoms with Crippen molar-refractivity contribution in [3.8, 4) is 5.88 Å². The summed E-state index contributed by atoms with van der Waals surface area (Å²) in [5, 5.41) is 0. The summed E-state index contributed by atoms with van der Waals surface area (Å²) in [6, 6.07) is 10.7. The maximum absolute atomic E-state index is 6.14. The standard InChI is InChI=1S/C18H21N3O/c1-2-4-14(5-3-1)11-21-12-15-6-7-16(13-21)18(15)22-17-10-19-8-9-20-17/h1-5,8-10,15-16,18H,6-7,11-13H2. The van der Waals surface area contributed by atoms with E-state index in [1.807, 2.05) is 0 Å². The van der Waals surface area contributed by atoms with E-state index in [4.69, 9.17) is 4.74 Å². The predicted molar refractivity (Wildman–Crippen MR) is 84.4 cm³/mol. The Bertz CT molecular complexity index is 590. The summed E-state index contributed by atoms with van der Waals surface area (Å²) >= 11 is 0. The summed E-state index contributed by atoms with van der Waals surface area (Å²) in [5.41, 5.74) is 1.40. The first-order chi connectivity index (χ1) is 10.9. The third-order valence-corrected chi connectivity index (χ3v) is 4.87. The van der Waals surface area contributed by atoms with Crippen molar-refractivity contribution < 1.29 is 4.74 Å². The number of piperidine rings is 1. The molecule has 2 fully saturated rings. The van der Waals surface area contributed by atoms with Gasteiger partial charge in [-0.1, -0.05) is 30.3 Å².